The summed E-state index contributed by atoms with van der Waals surface area (Å²) in [7, 11) is 0. The Morgan fingerprint density at radius 2 is 2.11 bits per heavy atom. The fourth-order valence-electron chi connectivity index (χ4n) is 1.49. The van der Waals surface area contributed by atoms with E-state index in [0.29, 0.717) is 12.4 Å². The molecule has 106 valence electrons. The Morgan fingerprint density at radius 3 is 2.74 bits per heavy atom. The zero-order valence-electron chi connectivity index (χ0n) is 11.8. The van der Waals surface area contributed by atoms with Crippen molar-refractivity contribution in [2.75, 3.05) is 18.1 Å². The Hall–Kier alpha value is -1.16. The van der Waals surface area contributed by atoms with Gasteiger partial charge in [-0.3, -0.25) is 4.79 Å². The van der Waals surface area contributed by atoms with Crippen LogP contribution in [0.1, 0.15) is 24.5 Å². The first-order valence-electron chi connectivity index (χ1n) is 6.51. The molecule has 1 rings (SSSR count). The number of hydrogen-bond donors (Lipinski definition) is 1. The van der Waals surface area contributed by atoms with Crippen molar-refractivity contribution in [1.29, 1.82) is 0 Å². The largest absolute Gasteiger partial charge is 0.494 e. The summed E-state index contributed by atoms with van der Waals surface area (Å²) in [5.41, 5.74) is 2.51. The van der Waals surface area contributed by atoms with Gasteiger partial charge < -0.3 is 9.84 Å². The van der Waals surface area contributed by atoms with Gasteiger partial charge in [-0.25, -0.2) is 0 Å². The molecule has 0 bridgehead atoms. The average Bonchev–Trinajstić information content (AvgIpc) is 2.37. The standard InChI is InChI=1S/C15H22O3S/c1-11-5-6-14(9-12(11)2)18-7-4-8-19-10-13(3)15(16)17/h5-6,9,13H,4,7-8,10H2,1-3H3,(H,16,17). The Labute approximate surface area is 119 Å². The Morgan fingerprint density at radius 1 is 1.37 bits per heavy atom. The van der Waals surface area contributed by atoms with Crippen LogP contribution in [0.25, 0.3) is 0 Å². The first kappa shape index (κ1) is 15.9. The van der Waals surface area contributed by atoms with Crippen molar-refractivity contribution in [2.24, 2.45) is 5.92 Å². The molecule has 1 aromatic carbocycles. The van der Waals surface area contributed by atoms with Crippen molar-refractivity contribution in [1.82, 2.24) is 0 Å². The molecule has 3 nitrogen and oxygen atoms in total. The predicted octanol–water partition coefficient (Wildman–Crippen LogP) is 3.53. The van der Waals surface area contributed by atoms with Crippen LogP contribution in [0.15, 0.2) is 18.2 Å². The summed E-state index contributed by atoms with van der Waals surface area (Å²) in [4.78, 5) is 10.6. The number of carboxylic acids is 1. The smallest absolute Gasteiger partial charge is 0.307 e. The summed E-state index contributed by atoms with van der Waals surface area (Å²) < 4.78 is 5.67. The van der Waals surface area contributed by atoms with Crippen molar-refractivity contribution < 1.29 is 14.6 Å². The molecule has 0 radical (unpaired) electrons. The van der Waals surface area contributed by atoms with Gasteiger partial charge in [-0.05, 0) is 49.3 Å². The second-order valence-corrected chi connectivity index (χ2v) is 5.91. The lowest BCUT2D eigenvalue weighted by Gasteiger charge is -2.09. The lowest BCUT2D eigenvalue weighted by atomic mass is 10.1. The summed E-state index contributed by atoms with van der Waals surface area (Å²) in [6.45, 7) is 6.57. The van der Waals surface area contributed by atoms with Crippen LogP contribution in [0, 0.1) is 19.8 Å². The molecule has 1 aromatic rings. The van der Waals surface area contributed by atoms with Gasteiger partial charge in [-0.1, -0.05) is 13.0 Å². The molecule has 0 aliphatic rings. The fourth-order valence-corrected chi connectivity index (χ4v) is 2.47. The molecule has 0 aliphatic carbocycles. The zero-order valence-corrected chi connectivity index (χ0v) is 12.6. The number of ether oxygens (including phenoxy) is 1. The minimum absolute atomic E-state index is 0.273. The minimum Gasteiger partial charge on any atom is -0.494 e. The molecular formula is C15H22O3S. The number of thioether (sulfide) groups is 1. The zero-order chi connectivity index (χ0) is 14.3. The number of benzene rings is 1. The number of aryl methyl sites for hydroxylation is 2. The van der Waals surface area contributed by atoms with E-state index in [1.54, 1.807) is 18.7 Å². The maximum Gasteiger partial charge on any atom is 0.307 e. The van der Waals surface area contributed by atoms with Gasteiger partial charge in [0, 0.05) is 5.75 Å². The lowest BCUT2D eigenvalue weighted by Crippen LogP contribution is -2.12. The van der Waals surface area contributed by atoms with Crippen LogP contribution < -0.4 is 4.74 Å². The van der Waals surface area contributed by atoms with Crippen molar-refractivity contribution in [3.05, 3.63) is 29.3 Å². The van der Waals surface area contributed by atoms with Gasteiger partial charge in [-0.15, -0.1) is 0 Å². The third-order valence-corrected chi connectivity index (χ3v) is 4.28. The normalized spacial score (nSPS) is 12.2. The molecule has 1 atom stereocenters. The van der Waals surface area contributed by atoms with Crippen LogP contribution >= 0.6 is 11.8 Å². The molecule has 1 N–H and O–H groups in total. The molecular weight excluding hydrogens is 260 g/mol. The number of aliphatic carboxylic acids is 1. The molecule has 19 heavy (non-hydrogen) atoms. The summed E-state index contributed by atoms with van der Waals surface area (Å²) in [6, 6.07) is 6.10. The minimum atomic E-state index is -0.723. The van der Waals surface area contributed by atoms with E-state index < -0.39 is 5.97 Å². The summed E-state index contributed by atoms with van der Waals surface area (Å²) in [5, 5.41) is 8.74. The van der Waals surface area contributed by atoms with Gasteiger partial charge in [0.2, 0.25) is 0 Å². The molecule has 1 unspecified atom stereocenters. The lowest BCUT2D eigenvalue weighted by molar-refractivity contribution is -0.140. The van der Waals surface area contributed by atoms with Crippen LogP contribution in [-0.2, 0) is 4.79 Å². The van der Waals surface area contributed by atoms with E-state index in [9.17, 15) is 4.79 Å². The third kappa shape index (κ3) is 6.01. The monoisotopic (exact) mass is 282 g/mol. The van der Waals surface area contributed by atoms with E-state index in [2.05, 4.69) is 26.0 Å². The molecule has 0 aliphatic heterocycles. The first-order valence-corrected chi connectivity index (χ1v) is 7.66. The molecule has 0 amide bonds. The second kappa shape index (κ2) is 8.10. The highest BCUT2D eigenvalue weighted by Gasteiger charge is 2.09. The fraction of sp³-hybridized carbons (Fsp3) is 0.533. The summed E-state index contributed by atoms with van der Waals surface area (Å²) in [6.07, 6.45) is 0.934. The quantitative estimate of drug-likeness (QED) is 0.741. The van der Waals surface area contributed by atoms with E-state index in [0.717, 1.165) is 17.9 Å². The Bertz CT molecular complexity index is 418. The highest BCUT2D eigenvalue weighted by molar-refractivity contribution is 7.99. The van der Waals surface area contributed by atoms with E-state index in [4.69, 9.17) is 9.84 Å². The Kier molecular flexibility index (Phi) is 6.78. The molecule has 0 aromatic heterocycles. The molecule has 0 spiro atoms. The number of rotatable bonds is 8. The second-order valence-electron chi connectivity index (χ2n) is 4.76. The number of hydrogen-bond acceptors (Lipinski definition) is 3. The predicted molar refractivity (Wildman–Crippen MR) is 80.2 cm³/mol. The van der Waals surface area contributed by atoms with Gasteiger partial charge in [0.15, 0.2) is 0 Å². The van der Waals surface area contributed by atoms with E-state index in [1.165, 1.54) is 11.1 Å². The van der Waals surface area contributed by atoms with Crippen LogP contribution in [0.3, 0.4) is 0 Å². The highest BCUT2D eigenvalue weighted by atomic mass is 32.2. The topological polar surface area (TPSA) is 46.5 Å². The van der Waals surface area contributed by atoms with Crippen molar-refractivity contribution >= 4 is 17.7 Å². The Balaban J connectivity index is 2.14. The summed E-state index contributed by atoms with van der Waals surface area (Å²) >= 11 is 1.67. The molecule has 0 saturated carbocycles. The molecule has 0 fully saturated rings. The van der Waals surface area contributed by atoms with Crippen LogP contribution in [0.5, 0.6) is 5.75 Å². The van der Waals surface area contributed by atoms with Crippen molar-refractivity contribution in [2.45, 2.75) is 27.2 Å². The van der Waals surface area contributed by atoms with Crippen LogP contribution in [0.4, 0.5) is 0 Å². The van der Waals surface area contributed by atoms with Crippen molar-refractivity contribution in [3.8, 4) is 5.75 Å². The van der Waals surface area contributed by atoms with Gasteiger partial charge in [-0.2, -0.15) is 11.8 Å². The maximum absolute atomic E-state index is 10.6. The SMILES string of the molecule is Cc1ccc(OCCCSCC(C)C(=O)O)cc1C. The van der Waals surface area contributed by atoms with Gasteiger partial charge >= 0.3 is 5.97 Å². The van der Waals surface area contributed by atoms with Crippen LogP contribution in [0.2, 0.25) is 0 Å². The third-order valence-electron chi connectivity index (χ3n) is 2.97. The van der Waals surface area contributed by atoms with Gasteiger partial charge in [0.1, 0.15) is 5.75 Å². The molecule has 0 heterocycles. The average molecular weight is 282 g/mol. The van der Waals surface area contributed by atoms with Gasteiger partial charge in [0.25, 0.3) is 0 Å². The van der Waals surface area contributed by atoms with E-state index in [1.807, 2.05) is 6.07 Å². The van der Waals surface area contributed by atoms with Crippen LogP contribution in [-0.4, -0.2) is 29.2 Å². The number of carboxylic acid groups (broad SMARTS) is 1. The van der Waals surface area contributed by atoms with E-state index in [-0.39, 0.29) is 5.92 Å². The molecule has 0 saturated heterocycles. The van der Waals surface area contributed by atoms with Gasteiger partial charge in [0.05, 0.1) is 12.5 Å². The molecule has 4 heteroatoms. The van der Waals surface area contributed by atoms with E-state index >= 15 is 0 Å². The summed E-state index contributed by atoms with van der Waals surface area (Å²) in [5.74, 6) is 1.51. The van der Waals surface area contributed by atoms with Crippen molar-refractivity contribution in [3.63, 3.8) is 0 Å². The highest BCUT2D eigenvalue weighted by Crippen LogP contribution is 2.17. The number of carbonyl (C=O) groups is 1. The maximum atomic E-state index is 10.6. The first-order chi connectivity index (χ1) is 9.00.